The molecule has 2 aliphatic rings. The molecule has 192 valence electrons. The van der Waals surface area contributed by atoms with Gasteiger partial charge in [-0.1, -0.05) is 0 Å². The van der Waals surface area contributed by atoms with Crippen molar-refractivity contribution in [1.82, 2.24) is 0 Å². The summed E-state index contributed by atoms with van der Waals surface area (Å²) in [6, 6.07) is 12.6. The summed E-state index contributed by atoms with van der Waals surface area (Å²) >= 11 is 4.64. The van der Waals surface area contributed by atoms with E-state index in [0.717, 1.165) is 55.9 Å². The van der Waals surface area contributed by atoms with Crippen LogP contribution in [-0.4, -0.2) is 41.7 Å². The van der Waals surface area contributed by atoms with Crippen LogP contribution in [0.1, 0.15) is 44.2 Å². The predicted molar refractivity (Wildman–Crippen MR) is 136 cm³/mol. The van der Waals surface area contributed by atoms with Crippen molar-refractivity contribution in [3.8, 4) is 6.07 Å². The molecule has 2 aliphatic heterocycles. The molecular formula is C26H29F3N4O2S. The van der Waals surface area contributed by atoms with Crippen LogP contribution < -0.4 is 14.7 Å². The second kappa shape index (κ2) is 9.87. The van der Waals surface area contributed by atoms with E-state index in [-0.39, 0.29) is 12.3 Å². The second-order valence-corrected chi connectivity index (χ2v) is 10.2. The quantitative estimate of drug-likeness (QED) is 0.544. The van der Waals surface area contributed by atoms with Crippen LogP contribution in [0.3, 0.4) is 0 Å². The van der Waals surface area contributed by atoms with Crippen molar-refractivity contribution >= 4 is 35.6 Å². The van der Waals surface area contributed by atoms with Crippen LogP contribution in [0.25, 0.3) is 0 Å². The van der Waals surface area contributed by atoms with Crippen molar-refractivity contribution in [3.63, 3.8) is 0 Å². The number of aliphatic hydroxyl groups is 1. The number of thiol groups is 1. The van der Waals surface area contributed by atoms with E-state index in [9.17, 15) is 18.0 Å². The summed E-state index contributed by atoms with van der Waals surface area (Å²) in [6.07, 6.45) is -1.86. The predicted octanol–water partition coefficient (Wildman–Crippen LogP) is 5.02. The van der Waals surface area contributed by atoms with Crippen molar-refractivity contribution in [2.75, 3.05) is 34.4 Å². The summed E-state index contributed by atoms with van der Waals surface area (Å²) in [4.78, 5) is 18.7. The Kier molecular flexibility index (Phi) is 7.17. The van der Waals surface area contributed by atoms with Crippen LogP contribution in [0, 0.1) is 17.2 Å². The third-order valence-corrected chi connectivity index (χ3v) is 7.62. The molecule has 0 saturated carbocycles. The number of alkyl halides is 3. The summed E-state index contributed by atoms with van der Waals surface area (Å²) in [5.74, 6) is 0.147. The van der Waals surface area contributed by atoms with E-state index in [4.69, 9.17) is 10.4 Å². The summed E-state index contributed by atoms with van der Waals surface area (Å²) in [5.41, 5.74) is -1.69. The van der Waals surface area contributed by atoms with Gasteiger partial charge in [-0.2, -0.15) is 18.4 Å². The lowest BCUT2D eigenvalue weighted by atomic mass is 9.93. The zero-order chi connectivity index (χ0) is 26.3. The molecule has 0 aromatic heterocycles. The molecule has 2 heterocycles. The molecule has 1 unspecified atom stereocenters. The minimum Gasteiger partial charge on any atom is -0.396 e. The van der Waals surface area contributed by atoms with Gasteiger partial charge in [0.15, 0.2) is 5.50 Å². The van der Waals surface area contributed by atoms with Crippen molar-refractivity contribution in [2.45, 2.75) is 50.3 Å². The number of piperidine rings is 1. The fraction of sp³-hybridized carbons (Fsp3) is 0.462. The molecule has 1 N–H and O–H groups in total. The molecule has 2 aromatic carbocycles. The van der Waals surface area contributed by atoms with Gasteiger partial charge in [0.25, 0.3) is 5.91 Å². The number of nitriles is 1. The molecule has 2 fully saturated rings. The summed E-state index contributed by atoms with van der Waals surface area (Å²) in [7, 11) is 0. The van der Waals surface area contributed by atoms with Gasteiger partial charge in [-0.15, -0.1) is 12.6 Å². The van der Waals surface area contributed by atoms with E-state index in [1.54, 1.807) is 24.8 Å². The van der Waals surface area contributed by atoms with Crippen molar-refractivity contribution in [2.24, 2.45) is 5.92 Å². The number of benzene rings is 2. The normalized spacial score (nSPS) is 20.7. The average molecular weight is 519 g/mol. The highest BCUT2D eigenvalue weighted by Gasteiger charge is 2.51. The summed E-state index contributed by atoms with van der Waals surface area (Å²) in [6.45, 7) is 5.45. The number of rotatable bonds is 5. The lowest BCUT2D eigenvalue weighted by Gasteiger charge is -2.35. The van der Waals surface area contributed by atoms with Gasteiger partial charge >= 0.3 is 6.18 Å². The summed E-state index contributed by atoms with van der Waals surface area (Å²) in [5, 5.41) is 18.3. The van der Waals surface area contributed by atoms with E-state index in [0.29, 0.717) is 5.92 Å². The molecule has 2 saturated heterocycles. The molecule has 0 aliphatic carbocycles. The van der Waals surface area contributed by atoms with Gasteiger partial charge in [0.1, 0.15) is 5.54 Å². The number of halogens is 3. The Bertz CT molecular complexity index is 1160. The van der Waals surface area contributed by atoms with Crippen LogP contribution in [0.15, 0.2) is 42.5 Å². The van der Waals surface area contributed by atoms with E-state index >= 15 is 0 Å². The zero-order valence-corrected chi connectivity index (χ0v) is 21.1. The SMILES string of the molecule is CC1(C)C(=O)N(c2ccc(C#N)c(C(F)(F)F)c2)C(S)N1c1ccc(N2CCC(CCO)CC2)cc1. The highest BCUT2D eigenvalue weighted by Crippen LogP contribution is 2.42. The molecule has 0 spiro atoms. The van der Waals surface area contributed by atoms with Gasteiger partial charge in [0, 0.05) is 36.8 Å². The lowest BCUT2D eigenvalue weighted by molar-refractivity contribution is -0.137. The van der Waals surface area contributed by atoms with Gasteiger partial charge in [-0.3, -0.25) is 9.69 Å². The smallest absolute Gasteiger partial charge is 0.396 e. The molecule has 10 heteroatoms. The van der Waals surface area contributed by atoms with Crippen LogP contribution in [-0.2, 0) is 11.0 Å². The minimum absolute atomic E-state index is 0.0317. The number of aliphatic hydroxyl groups excluding tert-OH is 1. The minimum atomic E-state index is -4.73. The maximum absolute atomic E-state index is 13.5. The summed E-state index contributed by atoms with van der Waals surface area (Å²) < 4.78 is 40.6. The number of anilines is 3. The Balaban J connectivity index is 1.59. The fourth-order valence-corrected chi connectivity index (χ4v) is 5.77. The Morgan fingerprint density at radius 1 is 1.08 bits per heavy atom. The van der Waals surface area contributed by atoms with Crippen LogP contribution in [0.2, 0.25) is 0 Å². The van der Waals surface area contributed by atoms with Gasteiger partial charge < -0.3 is 14.9 Å². The van der Waals surface area contributed by atoms with Gasteiger partial charge in [-0.25, -0.2) is 0 Å². The molecule has 1 amide bonds. The van der Waals surface area contributed by atoms with Gasteiger partial charge in [0.2, 0.25) is 0 Å². The van der Waals surface area contributed by atoms with Crippen LogP contribution >= 0.6 is 12.6 Å². The average Bonchev–Trinajstić information content (AvgIpc) is 3.02. The number of carbonyl (C=O) groups excluding carboxylic acids is 1. The van der Waals surface area contributed by atoms with Crippen molar-refractivity contribution < 1.29 is 23.1 Å². The maximum Gasteiger partial charge on any atom is 0.417 e. The third kappa shape index (κ3) is 4.74. The van der Waals surface area contributed by atoms with E-state index < -0.39 is 34.2 Å². The standard InChI is InChI=1S/C26H29F3N4O2S/c1-25(2)23(35)32(21-4-3-18(16-30)22(15-21)26(27,28)29)24(36)33(25)20-7-5-19(6-8-20)31-12-9-17(10-13-31)11-14-34/h3-8,15,17,24,34,36H,9-14H2,1-2H3. The highest BCUT2D eigenvalue weighted by atomic mass is 32.1. The van der Waals surface area contributed by atoms with Crippen molar-refractivity contribution in [3.05, 3.63) is 53.6 Å². The topological polar surface area (TPSA) is 70.8 Å². The molecule has 0 radical (unpaired) electrons. The van der Waals surface area contributed by atoms with Crippen LogP contribution in [0.5, 0.6) is 0 Å². The molecule has 0 bridgehead atoms. The van der Waals surface area contributed by atoms with Crippen molar-refractivity contribution in [1.29, 1.82) is 5.26 Å². The maximum atomic E-state index is 13.5. The van der Waals surface area contributed by atoms with Gasteiger partial charge in [0.05, 0.1) is 17.2 Å². The number of hydrogen-bond acceptors (Lipinski definition) is 6. The molecule has 4 rings (SSSR count). The number of carbonyl (C=O) groups is 1. The van der Waals surface area contributed by atoms with Gasteiger partial charge in [-0.05, 0) is 81.5 Å². The second-order valence-electron chi connectivity index (χ2n) is 9.75. The monoisotopic (exact) mass is 518 g/mol. The Labute approximate surface area is 214 Å². The molecule has 6 nitrogen and oxygen atoms in total. The number of amides is 1. The van der Waals surface area contributed by atoms with E-state index in [1.807, 2.05) is 24.3 Å². The Morgan fingerprint density at radius 2 is 1.67 bits per heavy atom. The largest absolute Gasteiger partial charge is 0.417 e. The fourth-order valence-electron chi connectivity index (χ4n) is 5.11. The first-order valence-electron chi connectivity index (χ1n) is 11.9. The first-order chi connectivity index (χ1) is 17.0. The molecule has 1 atom stereocenters. The van der Waals surface area contributed by atoms with E-state index in [2.05, 4.69) is 17.5 Å². The first-order valence-corrected chi connectivity index (χ1v) is 12.4. The molecule has 36 heavy (non-hydrogen) atoms. The Hall–Kier alpha value is -2.90. The Morgan fingerprint density at radius 3 is 2.22 bits per heavy atom. The number of nitrogens with zero attached hydrogens (tertiary/aromatic N) is 4. The molecule has 2 aromatic rings. The highest BCUT2D eigenvalue weighted by molar-refractivity contribution is 7.81. The van der Waals surface area contributed by atoms with E-state index in [1.165, 1.54) is 11.0 Å². The number of hydrogen-bond donors (Lipinski definition) is 2. The molecular weight excluding hydrogens is 489 g/mol. The lowest BCUT2D eigenvalue weighted by Crippen LogP contribution is -2.45. The third-order valence-electron chi connectivity index (χ3n) is 7.16. The zero-order valence-electron chi connectivity index (χ0n) is 20.2. The van der Waals surface area contributed by atoms with Crippen LogP contribution in [0.4, 0.5) is 30.2 Å². The first kappa shape index (κ1) is 26.2.